The van der Waals surface area contributed by atoms with Gasteiger partial charge in [0.05, 0.1) is 0 Å². The molecule has 0 saturated carbocycles. The Kier molecular flexibility index (Phi) is 7.08. The Morgan fingerprint density at radius 2 is 1.73 bits per heavy atom. The molecule has 1 aromatic heterocycles. The van der Waals surface area contributed by atoms with Crippen LogP contribution in [-0.4, -0.2) is 18.5 Å². The number of benzene rings is 2. The zero-order valence-electron chi connectivity index (χ0n) is 15.5. The van der Waals surface area contributed by atoms with Crippen molar-refractivity contribution in [2.45, 2.75) is 25.8 Å². The van der Waals surface area contributed by atoms with Crippen molar-refractivity contribution in [3.8, 4) is 0 Å². The fourth-order valence-electron chi connectivity index (χ4n) is 3.00. The molecule has 0 unspecified atom stereocenters. The van der Waals surface area contributed by atoms with Crippen molar-refractivity contribution in [3.05, 3.63) is 59.1 Å². The number of aromatic nitrogens is 1. The number of alkyl halides is 1. The number of nitrogens with zero attached hydrogens (tertiary/aromatic N) is 2. The second kappa shape index (κ2) is 9.51. The van der Waals surface area contributed by atoms with Crippen LogP contribution in [0.5, 0.6) is 0 Å². The Morgan fingerprint density at radius 3 is 2.46 bits per heavy atom. The SMILES string of the molecule is CN(C)c1ccc(/C=C/c2sc3ccccc3[n+]2CCCCCI)cc1. The van der Waals surface area contributed by atoms with E-state index in [1.807, 2.05) is 11.3 Å². The van der Waals surface area contributed by atoms with Gasteiger partial charge >= 0.3 is 0 Å². The molecule has 0 spiro atoms. The first-order valence-electron chi connectivity index (χ1n) is 9.12. The molecule has 0 aliphatic heterocycles. The van der Waals surface area contributed by atoms with Crippen LogP contribution in [0.1, 0.15) is 29.8 Å². The number of rotatable bonds is 8. The van der Waals surface area contributed by atoms with E-state index < -0.39 is 0 Å². The second-order valence-corrected chi connectivity index (χ2v) is 8.77. The van der Waals surface area contributed by atoms with Crippen LogP contribution in [-0.2, 0) is 6.54 Å². The summed E-state index contributed by atoms with van der Waals surface area (Å²) in [6.45, 7) is 1.10. The minimum absolute atomic E-state index is 1.10. The van der Waals surface area contributed by atoms with Gasteiger partial charge in [0.2, 0.25) is 5.52 Å². The fourth-order valence-corrected chi connectivity index (χ4v) is 4.63. The van der Waals surface area contributed by atoms with Crippen LogP contribution in [0, 0.1) is 0 Å². The smallest absolute Gasteiger partial charge is 0.262 e. The van der Waals surface area contributed by atoms with E-state index in [1.54, 1.807) is 0 Å². The summed E-state index contributed by atoms with van der Waals surface area (Å²) < 4.78 is 5.10. The van der Waals surface area contributed by atoms with Gasteiger partial charge in [0.25, 0.3) is 5.01 Å². The molecule has 1 heterocycles. The minimum Gasteiger partial charge on any atom is -0.378 e. The van der Waals surface area contributed by atoms with Crippen molar-refractivity contribution >= 4 is 62.0 Å². The van der Waals surface area contributed by atoms with E-state index in [0.717, 1.165) is 6.54 Å². The first-order chi connectivity index (χ1) is 12.7. The third kappa shape index (κ3) is 4.86. The molecule has 0 saturated heterocycles. The molecular formula is C22H26IN2S+. The molecule has 3 aromatic rings. The standard InChI is InChI=1S/C22H26IN2S/c1-24(2)19-13-10-18(11-14-19)12-15-22-25(17-7-3-6-16-23)20-8-4-5-9-21(20)26-22/h4-5,8-15H,3,6-7,16-17H2,1-2H3/q+1. The summed E-state index contributed by atoms with van der Waals surface area (Å²) in [6, 6.07) is 17.5. The number of anilines is 1. The van der Waals surface area contributed by atoms with Crippen LogP contribution >= 0.6 is 33.9 Å². The molecule has 3 rings (SSSR count). The Balaban J connectivity index is 1.83. The van der Waals surface area contributed by atoms with Crippen molar-refractivity contribution in [2.75, 3.05) is 23.4 Å². The summed E-state index contributed by atoms with van der Waals surface area (Å²) in [4.78, 5) is 2.13. The summed E-state index contributed by atoms with van der Waals surface area (Å²) >= 11 is 4.35. The van der Waals surface area contributed by atoms with Gasteiger partial charge in [0, 0.05) is 38.3 Å². The predicted molar refractivity (Wildman–Crippen MR) is 124 cm³/mol. The molecule has 0 atom stereocenters. The maximum Gasteiger partial charge on any atom is 0.262 e. The zero-order valence-corrected chi connectivity index (χ0v) is 18.5. The molecule has 0 fully saturated rings. The molecule has 26 heavy (non-hydrogen) atoms. The Labute approximate surface area is 174 Å². The Bertz CT molecular complexity index is 865. The normalized spacial score (nSPS) is 11.5. The third-order valence-corrected chi connectivity index (χ3v) is 6.37. The molecule has 0 bridgehead atoms. The molecule has 0 amide bonds. The van der Waals surface area contributed by atoms with Crippen molar-refractivity contribution in [1.29, 1.82) is 0 Å². The van der Waals surface area contributed by atoms with Crippen molar-refractivity contribution in [3.63, 3.8) is 0 Å². The van der Waals surface area contributed by atoms with Gasteiger partial charge in [-0.05, 0) is 47.1 Å². The fraction of sp³-hybridized carbons (Fsp3) is 0.318. The molecule has 0 radical (unpaired) electrons. The summed E-state index contributed by atoms with van der Waals surface area (Å²) in [6.07, 6.45) is 8.35. The molecular weight excluding hydrogens is 451 g/mol. The summed E-state index contributed by atoms with van der Waals surface area (Å²) in [7, 11) is 4.14. The van der Waals surface area contributed by atoms with Crippen LogP contribution in [0.25, 0.3) is 22.4 Å². The maximum absolute atomic E-state index is 2.48. The quantitative estimate of drug-likeness (QED) is 0.166. The third-order valence-electron chi connectivity index (χ3n) is 4.48. The van der Waals surface area contributed by atoms with Crippen molar-refractivity contribution in [2.24, 2.45) is 0 Å². The summed E-state index contributed by atoms with van der Waals surface area (Å²) in [5.41, 5.74) is 3.83. The topological polar surface area (TPSA) is 7.12 Å². The number of aryl methyl sites for hydroxylation is 1. The average Bonchev–Trinajstić information content (AvgIpc) is 3.01. The molecule has 2 nitrogen and oxygen atoms in total. The highest BCUT2D eigenvalue weighted by atomic mass is 127. The monoisotopic (exact) mass is 477 g/mol. The van der Waals surface area contributed by atoms with Gasteiger partial charge in [-0.25, -0.2) is 0 Å². The van der Waals surface area contributed by atoms with E-state index in [9.17, 15) is 0 Å². The maximum atomic E-state index is 2.48. The number of para-hydroxylation sites is 1. The zero-order chi connectivity index (χ0) is 18.4. The van der Waals surface area contributed by atoms with Gasteiger partial charge in [-0.15, -0.1) is 0 Å². The highest BCUT2D eigenvalue weighted by molar-refractivity contribution is 14.1. The molecule has 0 aliphatic rings. The molecule has 4 heteroatoms. The number of thiazole rings is 1. The molecule has 2 aromatic carbocycles. The Hall–Kier alpha value is -1.40. The number of hydrogen-bond acceptors (Lipinski definition) is 2. The Morgan fingerprint density at radius 1 is 0.962 bits per heavy atom. The number of halogens is 1. The van der Waals surface area contributed by atoms with Crippen LogP contribution in [0.2, 0.25) is 0 Å². The highest BCUT2D eigenvalue weighted by Gasteiger charge is 2.17. The van der Waals surface area contributed by atoms with Crippen LogP contribution < -0.4 is 9.47 Å². The molecule has 0 aliphatic carbocycles. The van der Waals surface area contributed by atoms with E-state index >= 15 is 0 Å². The van der Waals surface area contributed by atoms with Gasteiger partial charge in [-0.3, -0.25) is 0 Å². The minimum atomic E-state index is 1.10. The lowest BCUT2D eigenvalue weighted by Crippen LogP contribution is -2.34. The number of unbranched alkanes of at least 4 members (excludes halogenated alkanes) is 2. The van der Waals surface area contributed by atoms with E-state index in [-0.39, 0.29) is 0 Å². The van der Waals surface area contributed by atoms with Crippen molar-refractivity contribution < 1.29 is 4.57 Å². The molecule has 0 N–H and O–H groups in total. The van der Waals surface area contributed by atoms with Crippen LogP contribution in [0.3, 0.4) is 0 Å². The van der Waals surface area contributed by atoms with Gasteiger partial charge in [-0.2, -0.15) is 4.57 Å². The lowest BCUT2D eigenvalue weighted by Gasteiger charge is -2.11. The van der Waals surface area contributed by atoms with Gasteiger partial charge in [0.1, 0.15) is 4.70 Å². The number of fused-ring (bicyclic) bond motifs is 1. The summed E-state index contributed by atoms with van der Waals surface area (Å²) in [5, 5.41) is 1.33. The number of hydrogen-bond donors (Lipinski definition) is 0. The first kappa shape index (κ1) is 19.4. The van der Waals surface area contributed by atoms with E-state index in [4.69, 9.17) is 0 Å². The van der Waals surface area contributed by atoms with E-state index in [1.165, 1.54) is 50.2 Å². The van der Waals surface area contributed by atoms with E-state index in [2.05, 4.69) is 107 Å². The van der Waals surface area contributed by atoms with Crippen LogP contribution in [0.4, 0.5) is 5.69 Å². The van der Waals surface area contributed by atoms with Gasteiger partial charge in [0.15, 0.2) is 6.54 Å². The van der Waals surface area contributed by atoms with E-state index in [0.29, 0.717) is 0 Å². The first-order valence-corrected chi connectivity index (χ1v) is 11.5. The lowest BCUT2D eigenvalue weighted by molar-refractivity contribution is -0.669. The summed E-state index contributed by atoms with van der Waals surface area (Å²) in [5.74, 6) is 0. The van der Waals surface area contributed by atoms with Crippen LogP contribution in [0.15, 0.2) is 48.5 Å². The molecule has 136 valence electrons. The predicted octanol–water partition coefficient (Wildman–Crippen LogP) is 6.03. The van der Waals surface area contributed by atoms with Crippen molar-refractivity contribution in [1.82, 2.24) is 0 Å². The lowest BCUT2D eigenvalue weighted by atomic mass is 10.2. The van der Waals surface area contributed by atoms with Gasteiger partial charge < -0.3 is 4.90 Å². The highest BCUT2D eigenvalue weighted by Crippen LogP contribution is 2.23. The largest absolute Gasteiger partial charge is 0.378 e. The average molecular weight is 477 g/mol. The second-order valence-electron chi connectivity index (χ2n) is 6.63. The van der Waals surface area contributed by atoms with Gasteiger partial charge in [-0.1, -0.05) is 58.2 Å².